The number of aromatic nitrogens is 3. The molecule has 2 rings (SSSR count). The van der Waals surface area contributed by atoms with Crippen LogP contribution in [0.3, 0.4) is 0 Å². The quantitative estimate of drug-likeness (QED) is 0.838. The lowest BCUT2D eigenvalue weighted by molar-refractivity contribution is -0.137. The lowest BCUT2D eigenvalue weighted by atomic mass is 10.1. The third-order valence-electron chi connectivity index (χ3n) is 2.39. The van der Waals surface area contributed by atoms with Crippen molar-refractivity contribution in [2.24, 2.45) is 0 Å². The molecule has 0 aliphatic carbocycles. The SMILES string of the molecule is C=Cc1cnn(-c2cc(C(F)(F)F)c(C#N)cn2)c1. The maximum atomic E-state index is 12.8. The van der Waals surface area contributed by atoms with Gasteiger partial charge in [0.15, 0.2) is 5.82 Å². The van der Waals surface area contributed by atoms with Gasteiger partial charge in [-0.15, -0.1) is 0 Å². The van der Waals surface area contributed by atoms with E-state index in [2.05, 4.69) is 16.7 Å². The van der Waals surface area contributed by atoms with E-state index in [1.54, 1.807) is 0 Å². The molecular formula is C12H7F3N4. The maximum absolute atomic E-state index is 12.8. The van der Waals surface area contributed by atoms with Crippen LogP contribution in [-0.2, 0) is 6.18 Å². The van der Waals surface area contributed by atoms with E-state index in [0.29, 0.717) is 5.56 Å². The Morgan fingerprint density at radius 3 is 2.63 bits per heavy atom. The van der Waals surface area contributed by atoms with Crippen LogP contribution in [0.2, 0.25) is 0 Å². The molecule has 19 heavy (non-hydrogen) atoms. The van der Waals surface area contributed by atoms with Crippen LogP contribution in [-0.4, -0.2) is 14.8 Å². The molecule has 0 spiro atoms. The molecule has 2 aromatic heterocycles. The number of rotatable bonds is 2. The fourth-order valence-electron chi connectivity index (χ4n) is 1.46. The van der Waals surface area contributed by atoms with E-state index < -0.39 is 17.3 Å². The van der Waals surface area contributed by atoms with Gasteiger partial charge < -0.3 is 0 Å². The first kappa shape index (κ1) is 12.8. The first-order valence-electron chi connectivity index (χ1n) is 5.10. The van der Waals surface area contributed by atoms with Crippen LogP contribution < -0.4 is 0 Å². The minimum atomic E-state index is -4.61. The Balaban J connectivity index is 2.55. The van der Waals surface area contributed by atoms with Crippen molar-refractivity contribution in [3.8, 4) is 11.9 Å². The predicted octanol–water partition coefficient (Wildman–Crippen LogP) is 2.80. The fourth-order valence-corrected chi connectivity index (χ4v) is 1.46. The molecule has 0 aliphatic heterocycles. The normalized spacial score (nSPS) is 11.1. The van der Waals surface area contributed by atoms with Crippen molar-refractivity contribution in [2.45, 2.75) is 6.18 Å². The van der Waals surface area contributed by atoms with Crippen molar-refractivity contribution >= 4 is 6.08 Å². The van der Waals surface area contributed by atoms with Gasteiger partial charge >= 0.3 is 6.18 Å². The van der Waals surface area contributed by atoms with Crippen molar-refractivity contribution in [2.75, 3.05) is 0 Å². The summed E-state index contributed by atoms with van der Waals surface area (Å²) in [7, 11) is 0. The van der Waals surface area contributed by atoms with Gasteiger partial charge in [-0.1, -0.05) is 12.7 Å². The summed E-state index contributed by atoms with van der Waals surface area (Å²) in [6, 6.07) is 2.26. The van der Waals surface area contributed by atoms with Crippen molar-refractivity contribution in [1.29, 1.82) is 5.26 Å². The topological polar surface area (TPSA) is 54.5 Å². The molecule has 2 aromatic rings. The van der Waals surface area contributed by atoms with Crippen molar-refractivity contribution in [3.63, 3.8) is 0 Å². The Bertz CT molecular complexity index is 664. The van der Waals surface area contributed by atoms with Crippen LogP contribution in [0.5, 0.6) is 0 Å². The summed E-state index contributed by atoms with van der Waals surface area (Å²) in [4.78, 5) is 3.79. The average molecular weight is 264 g/mol. The molecule has 7 heteroatoms. The van der Waals surface area contributed by atoms with Gasteiger partial charge in [-0.05, 0) is 6.07 Å². The highest BCUT2D eigenvalue weighted by Crippen LogP contribution is 2.32. The number of halogens is 3. The molecule has 0 radical (unpaired) electrons. The maximum Gasteiger partial charge on any atom is 0.417 e. The Labute approximate surface area is 106 Å². The van der Waals surface area contributed by atoms with Crippen LogP contribution in [0.1, 0.15) is 16.7 Å². The van der Waals surface area contributed by atoms with Crippen LogP contribution in [0.15, 0.2) is 31.2 Å². The summed E-state index contributed by atoms with van der Waals surface area (Å²) in [6.07, 6.45) is 0.712. The molecule has 0 unspecified atom stereocenters. The third-order valence-corrected chi connectivity index (χ3v) is 2.39. The molecule has 4 nitrogen and oxygen atoms in total. The van der Waals surface area contributed by atoms with E-state index in [9.17, 15) is 13.2 Å². The highest BCUT2D eigenvalue weighted by molar-refractivity contribution is 5.46. The zero-order chi connectivity index (χ0) is 14.0. The molecule has 0 saturated heterocycles. The highest BCUT2D eigenvalue weighted by Gasteiger charge is 2.34. The van der Waals surface area contributed by atoms with Crippen molar-refractivity contribution in [1.82, 2.24) is 14.8 Å². The smallest absolute Gasteiger partial charge is 0.236 e. The molecular weight excluding hydrogens is 257 g/mol. The Kier molecular flexibility index (Phi) is 3.09. The van der Waals surface area contributed by atoms with E-state index >= 15 is 0 Å². The second kappa shape index (κ2) is 4.57. The van der Waals surface area contributed by atoms with E-state index in [1.807, 2.05) is 0 Å². The van der Waals surface area contributed by atoms with Crippen molar-refractivity contribution in [3.05, 3.63) is 47.9 Å². The lowest BCUT2D eigenvalue weighted by Gasteiger charge is -2.09. The molecule has 0 saturated carbocycles. The minimum absolute atomic E-state index is 0.0144. The summed E-state index contributed by atoms with van der Waals surface area (Å²) in [6.45, 7) is 3.53. The second-order valence-corrected chi connectivity index (χ2v) is 3.62. The van der Waals surface area contributed by atoms with E-state index in [1.165, 1.54) is 29.2 Å². The summed E-state index contributed by atoms with van der Waals surface area (Å²) < 4.78 is 39.5. The van der Waals surface area contributed by atoms with E-state index in [-0.39, 0.29) is 5.82 Å². The first-order chi connectivity index (χ1) is 8.95. The number of alkyl halides is 3. The van der Waals surface area contributed by atoms with Gasteiger partial charge in [-0.25, -0.2) is 9.67 Å². The molecule has 0 amide bonds. The number of nitriles is 1. The van der Waals surface area contributed by atoms with E-state index in [4.69, 9.17) is 5.26 Å². The van der Waals surface area contributed by atoms with Gasteiger partial charge in [0, 0.05) is 18.0 Å². The molecule has 0 N–H and O–H groups in total. The Morgan fingerprint density at radius 2 is 2.11 bits per heavy atom. The van der Waals surface area contributed by atoms with Gasteiger partial charge in [-0.2, -0.15) is 23.5 Å². The molecule has 2 heterocycles. The molecule has 0 bridgehead atoms. The number of hydrogen-bond donors (Lipinski definition) is 0. The summed E-state index contributed by atoms with van der Waals surface area (Å²) in [5, 5.41) is 12.5. The number of nitrogens with zero attached hydrogens (tertiary/aromatic N) is 4. The van der Waals surface area contributed by atoms with Gasteiger partial charge in [0.2, 0.25) is 0 Å². The largest absolute Gasteiger partial charge is 0.417 e. The van der Waals surface area contributed by atoms with Gasteiger partial charge in [-0.3, -0.25) is 0 Å². The monoisotopic (exact) mass is 264 g/mol. The molecule has 0 atom stereocenters. The Morgan fingerprint density at radius 1 is 1.37 bits per heavy atom. The predicted molar refractivity (Wildman–Crippen MR) is 61.2 cm³/mol. The lowest BCUT2D eigenvalue weighted by Crippen LogP contribution is -2.10. The summed E-state index contributed by atoms with van der Waals surface area (Å²) in [5.74, 6) is -0.0144. The summed E-state index contributed by atoms with van der Waals surface area (Å²) in [5.41, 5.74) is -0.900. The van der Waals surface area contributed by atoms with Crippen LogP contribution >= 0.6 is 0 Å². The van der Waals surface area contributed by atoms with Gasteiger partial charge in [0.1, 0.15) is 6.07 Å². The molecule has 0 aliphatic rings. The van der Waals surface area contributed by atoms with Crippen LogP contribution in [0.25, 0.3) is 11.9 Å². The van der Waals surface area contributed by atoms with Gasteiger partial charge in [0.25, 0.3) is 0 Å². The first-order valence-corrected chi connectivity index (χ1v) is 5.10. The zero-order valence-electron chi connectivity index (χ0n) is 9.52. The van der Waals surface area contributed by atoms with Gasteiger partial charge in [0.05, 0.1) is 17.3 Å². The third kappa shape index (κ3) is 2.47. The number of pyridine rings is 1. The second-order valence-electron chi connectivity index (χ2n) is 3.62. The van der Waals surface area contributed by atoms with E-state index in [0.717, 1.165) is 12.3 Å². The standard InChI is InChI=1S/C12H7F3N4/c1-2-8-5-18-19(7-8)11-3-10(12(13,14)15)9(4-16)6-17-11/h2-3,5-7H,1H2. The van der Waals surface area contributed by atoms with Crippen LogP contribution in [0.4, 0.5) is 13.2 Å². The van der Waals surface area contributed by atoms with Crippen LogP contribution in [0, 0.1) is 11.3 Å². The summed E-state index contributed by atoms with van der Waals surface area (Å²) >= 11 is 0. The Hall–Kier alpha value is -2.62. The molecule has 96 valence electrons. The number of hydrogen-bond acceptors (Lipinski definition) is 3. The molecule has 0 aromatic carbocycles. The fraction of sp³-hybridized carbons (Fsp3) is 0.0833. The minimum Gasteiger partial charge on any atom is -0.236 e. The average Bonchev–Trinajstić information content (AvgIpc) is 2.85. The highest BCUT2D eigenvalue weighted by atomic mass is 19.4. The zero-order valence-corrected chi connectivity index (χ0v) is 9.52. The van der Waals surface area contributed by atoms with Crippen molar-refractivity contribution < 1.29 is 13.2 Å². The molecule has 0 fully saturated rings.